The van der Waals surface area contributed by atoms with Gasteiger partial charge in [-0.3, -0.25) is 4.79 Å². The predicted octanol–water partition coefficient (Wildman–Crippen LogP) is 3.58. The Balaban J connectivity index is 1.82. The summed E-state index contributed by atoms with van der Waals surface area (Å²) in [6, 6.07) is 14.9. The molecule has 0 radical (unpaired) electrons. The highest BCUT2D eigenvalue weighted by atomic mass is 32.2. The van der Waals surface area contributed by atoms with Crippen molar-refractivity contribution >= 4 is 27.7 Å². The molecule has 0 aliphatic heterocycles. The Morgan fingerprint density at radius 3 is 2.29 bits per heavy atom. The smallest absolute Gasteiger partial charge is 0.243 e. The Morgan fingerprint density at radius 2 is 1.68 bits per heavy atom. The molecule has 0 bridgehead atoms. The maximum Gasteiger partial charge on any atom is 0.243 e. The summed E-state index contributed by atoms with van der Waals surface area (Å²) in [5.41, 5.74) is 3.34. The zero-order valence-electron chi connectivity index (χ0n) is 16.6. The number of rotatable bonds is 10. The molecule has 0 spiro atoms. The van der Waals surface area contributed by atoms with Crippen molar-refractivity contribution in [2.75, 3.05) is 18.8 Å². The van der Waals surface area contributed by atoms with Crippen molar-refractivity contribution in [3.8, 4) is 0 Å². The van der Waals surface area contributed by atoms with Crippen molar-refractivity contribution in [2.45, 2.75) is 38.0 Å². The van der Waals surface area contributed by atoms with Crippen LogP contribution in [0.25, 0.3) is 0 Å². The lowest BCUT2D eigenvalue weighted by Crippen LogP contribution is -2.30. The molecule has 0 aliphatic carbocycles. The molecule has 2 rings (SSSR count). The lowest BCUT2D eigenvalue weighted by Gasteiger charge is -2.18. The quantitative estimate of drug-likeness (QED) is 0.638. The summed E-state index contributed by atoms with van der Waals surface area (Å²) in [7, 11) is -3.45. The highest BCUT2D eigenvalue weighted by Crippen LogP contribution is 2.17. The summed E-state index contributed by atoms with van der Waals surface area (Å²) in [5, 5.41) is 2.88. The number of hydrogen-bond acceptors (Lipinski definition) is 4. The molecule has 28 heavy (non-hydrogen) atoms. The number of nitrogens with one attached hydrogen (secondary N) is 1. The molecule has 0 heterocycles. The van der Waals surface area contributed by atoms with Gasteiger partial charge in [0.1, 0.15) is 0 Å². The molecule has 0 fully saturated rings. The molecule has 5 nitrogen and oxygen atoms in total. The van der Waals surface area contributed by atoms with Crippen LogP contribution in [0.3, 0.4) is 0 Å². The van der Waals surface area contributed by atoms with Gasteiger partial charge in [0.2, 0.25) is 15.9 Å². The zero-order chi connectivity index (χ0) is 20.6. The second-order valence-corrected chi connectivity index (χ2v) is 9.35. The van der Waals surface area contributed by atoms with Gasteiger partial charge in [0.05, 0.1) is 10.6 Å². The van der Waals surface area contributed by atoms with Gasteiger partial charge in [-0.05, 0) is 35.7 Å². The highest BCUT2D eigenvalue weighted by molar-refractivity contribution is 7.99. The van der Waals surface area contributed by atoms with Crippen LogP contribution in [0.5, 0.6) is 0 Å². The van der Waals surface area contributed by atoms with Crippen LogP contribution in [0.4, 0.5) is 0 Å². The van der Waals surface area contributed by atoms with Crippen molar-refractivity contribution in [3.05, 3.63) is 65.2 Å². The molecular weight excluding hydrogens is 392 g/mol. The third-order valence-corrected chi connectivity index (χ3v) is 7.55. The monoisotopic (exact) mass is 420 g/mol. The van der Waals surface area contributed by atoms with Gasteiger partial charge in [-0.2, -0.15) is 4.31 Å². The minimum Gasteiger partial charge on any atom is -0.351 e. The largest absolute Gasteiger partial charge is 0.351 e. The first-order valence-corrected chi connectivity index (χ1v) is 12.0. The highest BCUT2D eigenvalue weighted by Gasteiger charge is 2.21. The minimum atomic E-state index is -3.45. The van der Waals surface area contributed by atoms with E-state index in [1.165, 1.54) is 15.4 Å². The van der Waals surface area contributed by atoms with Gasteiger partial charge in [0.25, 0.3) is 0 Å². The first kappa shape index (κ1) is 22.5. The second kappa shape index (κ2) is 10.6. The van der Waals surface area contributed by atoms with Gasteiger partial charge < -0.3 is 5.32 Å². The topological polar surface area (TPSA) is 66.5 Å². The third kappa shape index (κ3) is 6.09. The average Bonchev–Trinajstić information content (AvgIpc) is 2.69. The van der Waals surface area contributed by atoms with E-state index >= 15 is 0 Å². The van der Waals surface area contributed by atoms with Gasteiger partial charge in [-0.15, -0.1) is 11.8 Å². The maximum atomic E-state index is 12.5. The first-order valence-electron chi connectivity index (χ1n) is 9.36. The summed E-state index contributed by atoms with van der Waals surface area (Å²) < 4.78 is 26.4. The molecule has 1 N–H and O–H groups in total. The Morgan fingerprint density at radius 1 is 1.04 bits per heavy atom. The van der Waals surface area contributed by atoms with Gasteiger partial charge in [0, 0.05) is 25.4 Å². The number of hydrogen-bond donors (Lipinski definition) is 1. The van der Waals surface area contributed by atoms with Gasteiger partial charge >= 0.3 is 0 Å². The molecular formula is C21H28N2O3S2. The zero-order valence-corrected chi connectivity index (χ0v) is 18.3. The van der Waals surface area contributed by atoms with E-state index in [4.69, 9.17) is 0 Å². The standard InChI is InChI=1S/C21H28N2O3S2/c1-4-23(5-2)28(25,26)20-12-10-18(11-13-20)14-22-21(24)16-27-15-19-9-7-6-8-17(19)3/h6-13H,4-5,14-16H2,1-3H3,(H,22,24). The number of amides is 1. The van der Waals surface area contributed by atoms with Gasteiger partial charge in [-0.1, -0.05) is 50.2 Å². The first-order chi connectivity index (χ1) is 13.4. The van der Waals surface area contributed by atoms with Crippen molar-refractivity contribution in [3.63, 3.8) is 0 Å². The normalized spacial score (nSPS) is 11.6. The third-order valence-electron chi connectivity index (χ3n) is 4.51. The van der Waals surface area contributed by atoms with Crippen molar-refractivity contribution < 1.29 is 13.2 Å². The number of nitrogens with zero attached hydrogens (tertiary/aromatic N) is 1. The van der Waals surface area contributed by atoms with E-state index in [9.17, 15) is 13.2 Å². The Bertz CT molecular complexity index is 877. The number of benzene rings is 2. The van der Waals surface area contributed by atoms with E-state index in [0.717, 1.165) is 11.3 Å². The van der Waals surface area contributed by atoms with Crippen molar-refractivity contribution in [1.82, 2.24) is 9.62 Å². The molecule has 0 saturated carbocycles. The fraction of sp³-hybridized carbons (Fsp3) is 0.381. The van der Waals surface area contributed by atoms with Crippen LogP contribution in [0, 0.1) is 6.92 Å². The number of thioether (sulfide) groups is 1. The van der Waals surface area contributed by atoms with Crippen molar-refractivity contribution in [2.24, 2.45) is 0 Å². The maximum absolute atomic E-state index is 12.5. The van der Waals surface area contributed by atoms with Crippen LogP contribution in [-0.4, -0.2) is 37.5 Å². The van der Waals surface area contributed by atoms with E-state index in [1.54, 1.807) is 36.0 Å². The predicted molar refractivity (Wildman–Crippen MR) is 116 cm³/mol. The van der Waals surface area contributed by atoms with E-state index in [-0.39, 0.29) is 10.8 Å². The van der Waals surface area contributed by atoms with E-state index < -0.39 is 10.0 Å². The molecule has 7 heteroatoms. The molecule has 0 aliphatic rings. The van der Waals surface area contributed by atoms with Crippen LogP contribution in [-0.2, 0) is 27.1 Å². The fourth-order valence-corrected chi connectivity index (χ4v) is 5.16. The summed E-state index contributed by atoms with van der Waals surface area (Å²) in [5.74, 6) is 1.17. The van der Waals surface area contributed by atoms with Gasteiger partial charge in [-0.25, -0.2) is 8.42 Å². The van der Waals surface area contributed by atoms with Crippen LogP contribution in [0.15, 0.2) is 53.4 Å². The van der Waals surface area contributed by atoms with E-state index in [2.05, 4.69) is 24.4 Å². The molecule has 0 aromatic heterocycles. The summed E-state index contributed by atoms with van der Waals surface area (Å²) >= 11 is 1.58. The van der Waals surface area contributed by atoms with Crippen LogP contribution < -0.4 is 5.32 Å². The average molecular weight is 421 g/mol. The summed E-state index contributed by atoms with van der Waals surface area (Å²) in [4.78, 5) is 12.3. The molecule has 1 amide bonds. The Kier molecular flexibility index (Phi) is 8.54. The molecule has 152 valence electrons. The molecule has 0 saturated heterocycles. The molecule has 2 aromatic carbocycles. The number of carbonyl (C=O) groups excluding carboxylic acids is 1. The SMILES string of the molecule is CCN(CC)S(=O)(=O)c1ccc(CNC(=O)CSCc2ccccc2C)cc1. The minimum absolute atomic E-state index is 0.0292. The van der Waals surface area contributed by atoms with Crippen molar-refractivity contribution in [1.29, 1.82) is 0 Å². The van der Waals surface area contributed by atoms with Crippen LogP contribution in [0.1, 0.15) is 30.5 Å². The van der Waals surface area contributed by atoms with E-state index in [1.807, 2.05) is 26.0 Å². The lowest BCUT2D eigenvalue weighted by atomic mass is 10.1. The molecule has 0 unspecified atom stereocenters. The lowest BCUT2D eigenvalue weighted by molar-refractivity contribution is -0.118. The van der Waals surface area contributed by atoms with Crippen LogP contribution >= 0.6 is 11.8 Å². The Hall–Kier alpha value is -1.83. The fourth-order valence-electron chi connectivity index (χ4n) is 2.77. The molecule has 0 atom stereocenters. The van der Waals surface area contributed by atoms with E-state index in [0.29, 0.717) is 25.4 Å². The number of carbonyl (C=O) groups is 1. The summed E-state index contributed by atoms with van der Waals surface area (Å²) in [6.07, 6.45) is 0. The summed E-state index contributed by atoms with van der Waals surface area (Å²) in [6.45, 7) is 6.98. The molecule has 2 aromatic rings. The second-order valence-electron chi connectivity index (χ2n) is 6.43. The number of aryl methyl sites for hydroxylation is 1. The number of sulfonamides is 1. The van der Waals surface area contributed by atoms with Crippen LogP contribution in [0.2, 0.25) is 0 Å². The van der Waals surface area contributed by atoms with Gasteiger partial charge in [0.15, 0.2) is 0 Å². The Labute approximate surface area is 172 Å².